The predicted octanol–water partition coefficient (Wildman–Crippen LogP) is 2.34. The maximum atomic E-state index is 12.2. The summed E-state index contributed by atoms with van der Waals surface area (Å²) >= 11 is 1.29. The lowest BCUT2D eigenvalue weighted by atomic mass is 9.90. The molecule has 1 rings (SSSR count). The van der Waals surface area contributed by atoms with E-state index in [4.69, 9.17) is 10.5 Å². The van der Waals surface area contributed by atoms with E-state index in [0.29, 0.717) is 23.2 Å². The third-order valence-electron chi connectivity index (χ3n) is 3.10. The summed E-state index contributed by atoms with van der Waals surface area (Å²) in [7, 11) is 1.68. The second-order valence-electron chi connectivity index (χ2n) is 5.75. The number of anilines is 2. The zero-order valence-corrected chi connectivity index (χ0v) is 14.1. The lowest BCUT2D eigenvalue weighted by Crippen LogP contribution is -2.34. The van der Waals surface area contributed by atoms with E-state index in [9.17, 15) is 4.79 Å². The number of carbonyl (C=O) groups excluding carboxylic acids is 1. The average molecular weight is 314 g/mol. The first-order chi connectivity index (χ1) is 9.89. The number of hydrogen-bond acceptors (Lipinski definition) is 6. The van der Waals surface area contributed by atoms with Crippen LogP contribution in [-0.4, -0.2) is 37.7 Å². The highest BCUT2D eigenvalue weighted by atomic mass is 32.1. The maximum absolute atomic E-state index is 12.2. The molecule has 21 heavy (non-hydrogen) atoms. The van der Waals surface area contributed by atoms with Crippen LogP contribution in [0.2, 0.25) is 0 Å². The molecule has 1 aromatic heterocycles. The number of nitrogens with zero attached hydrogens (tertiary/aromatic N) is 1. The van der Waals surface area contributed by atoms with Crippen LogP contribution in [0.4, 0.5) is 10.9 Å². The van der Waals surface area contributed by atoms with Crippen molar-refractivity contribution in [2.75, 3.05) is 37.9 Å². The number of methoxy groups -OCH3 is 1. The van der Waals surface area contributed by atoms with Gasteiger partial charge in [-0.1, -0.05) is 32.1 Å². The summed E-state index contributed by atoms with van der Waals surface area (Å²) in [6, 6.07) is 0. The van der Waals surface area contributed by atoms with Crippen molar-refractivity contribution in [3.63, 3.8) is 0 Å². The number of hydrogen-bond donors (Lipinski definition) is 3. The third-order valence-corrected chi connectivity index (χ3v) is 4.12. The Morgan fingerprint density at radius 3 is 2.81 bits per heavy atom. The summed E-state index contributed by atoms with van der Waals surface area (Å²) in [5.41, 5.74) is 5.79. The van der Waals surface area contributed by atoms with Crippen LogP contribution in [0.3, 0.4) is 0 Å². The number of nitrogen functional groups attached to an aromatic ring is 1. The zero-order valence-electron chi connectivity index (χ0n) is 13.3. The van der Waals surface area contributed by atoms with Crippen molar-refractivity contribution in [1.29, 1.82) is 0 Å². The van der Waals surface area contributed by atoms with Gasteiger partial charge in [0.2, 0.25) is 0 Å². The molecule has 0 aliphatic heterocycles. The lowest BCUT2D eigenvalue weighted by Gasteiger charge is -2.24. The Bertz CT molecular complexity index is 460. The Labute approximate surface area is 130 Å². The summed E-state index contributed by atoms with van der Waals surface area (Å²) in [5, 5.41) is 6.76. The second kappa shape index (κ2) is 8.19. The van der Waals surface area contributed by atoms with Gasteiger partial charge in [-0.15, -0.1) is 0 Å². The molecule has 0 aliphatic carbocycles. The number of ether oxygens (including phenoxy) is 1. The highest BCUT2D eigenvalue weighted by Gasteiger charge is 2.21. The van der Waals surface area contributed by atoms with Crippen LogP contribution < -0.4 is 16.4 Å². The van der Waals surface area contributed by atoms with Crippen LogP contribution in [0.15, 0.2) is 0 Å². The molecule has 120 valence electrons. The first-order valence-electron chi connectivity index (χ1n) is 7.17. The van der Waals surface area contributed by atoms with Gasteiger partial charge in [0.25, 0.3) is 5.91 Å². The van der Waals surface area contributed by atoms with E-state index in [1.807, 2.05) is 0 Å². The molecule has 1 aromatic rings. The van der Waals surface area contributed by atoms with Crippen molar-refractivity contribution in [3.05, 3.63) is 4.88 Å². The van der Waals surface area contributed by atoms with Crippen LogP contribution in [0.1, 0.15) is 43.3 Å². The number of thiazole rings is 1. The molecule has 0 unspecified atom stereocenters. The summed E-state index contributed by atoms with van der Waals surface area (Å²) in [6.45, 7) is 8.33. The molecular weight excluding hydrogens is 288 g/mol. The molecule has 0 bridgehead atoms. The maximum Gasteiger partial charge on any atom is 0.265 e. The van der Waals surface area contributed by atoms with Crippen molar-refractivity contribution in [2.45, 2.75) is 33.6 Å². The molecule has 4 N–H and O–H groups in total. The molecule has 0 spiro atoms. The third kappa shape index (κ3) is 5.89. The largest absolute Gasteiger partial charge is 0.385 e. The van der Waals surface area contributed by atoms with Gasteiger partial charge in [-0.3, -0.25) is 4.79 Å². The number of rotatable bonds is 9. The number of amides is 1. The van der Waals surface area contributed by atoms with Crippen LogP contribution in [0.25, 0.3) is 0 Å². The number of aromatic nitrogens is 1. The molecule has 1 amide bonds. The Balaban J connectivity index is 2.57. The first-order valence-corrected chi connectivity index (χ1v) is 7.98. The number of nitrogens with two attached hydrogens (primary N) is 1. The summed E-state index contributed by atoms with van der Waals surface area (Å²) in [6.07, 6.45) is 1.87. The van der Waals surface area contributed by atoms with Gasteiger partial charge in [0.15, 0.2) is 5.13 Å². The minimum atomic E-state index is -0.167. The standard InChI is InChI=1S/C14H26N4O2S/c1-5-7-16-13-18-11(15)10(21-13)12(19)17-9-14(2,3)6-8-20-4/h5-9,15H2,1-4H3,(H,16,18)(H,17,19). The SMILES string of the molecule is CCCNc1nc(N)c(C(=O)NCC(C)(C)CCOC)s1. The number of carbonyl (C=O) groups is 1. The van der Waals surface area contributed by atoms with E-state index in [2.05, 4.69) is 36.4 Å². The molecule has 0 atom stereocenters. The lowest BCUT2D eigenvalue weighted by molar-refractivity contribution is 0.0925. The van der Waals surface area contributed by atoms with Gasteiger partial charge < -0.3 is 21.1 Å². The Kier molecular flexibility index (Phi) is 6.91. The van der Waals surface area contributed by atoms with Gasteiger partial charge in [-0.25, -0.2) is 4.98 Å². The Hall–Kier alpha value is -1.34. The predicted molar refractivity (Wildman–Crippen MR) is 87.9 cm³/mol. The molecule has 6 nitrogen and oxygen atoms in total. The molecule has 0 fully saturated rings. The molecule has 0 radical (unpaired) electrons. The summed E-state index contributed by atoms with van der Waals surface area (Å²) in [4.78, 5) is 16.8. The topological polar surface area (TPSA) is 89.3 Å². The average Bonchev–Trinajstić information content (AvgIpc) is 2.81. The zero-order chi connectivity index (χ0) is 15.9. The van der Waals surface area contributed by atoms with Gasteiger partial charge in [-0.05, 0) is 18.3 Å². The van der Waals surface area contributed by atoms with Crippen LogP contribution in [-0.2, 0) is 4.74 Å². The fourth-order valence-electron chi connectivity index (χ4n) is 1.67. The van der Waals surface area contributed by atoms with Gasteiger partial charge in [0.05, 0.1) is 0 Å². The fourth-order valence-corrected chi connectivity index (χ4v) is 2.50. The minimum Gasteiger partial charge on any atom is -0.385 e. The van der Waals surface area contributed by atoms with Crippen LogP contribution in [0.5, 0.6) is 0 Å². The van der Waals surface area contributed by atoms with Crippen molar-refractivity contribution < 1.29 is 9.53 Å². The molecular formula is C14H26N4O2S. The molecule has 0 saturated heterocycles. The fraction of sp³-hybridized carbons (Fsp3) is 0.714. The van der Waals surface area contributed by atoms with E-state index in [1.54, 1.807) is 7.11 Å². The van der Waals surface area contributed by atoms with Gasteiger partial charge in [-0.2, -0.15) is 0 Å². The van der Waals surface area contributed by atoms with Gasteiger partial charge in [0.1, 0.15) is 10.7 Å². The smallest absolute Gasteiger partial charge is 0.265 e. The first kappa shape index (κ1) is 17.7. The molecule has 7 heteroatoms. The minimum absolute atomic E-state index is 0.0194. The van der Waals surface area contributed by atoms with Crippen LogP contribution >= 0.6 is 11.3 Å². The van der Waals surface area contributed by atoms with E-state index in [1.165, 1.54) is 11.3 Å². The van der Waals surface area contributed by atoms with E-state index >= 15 is 0 Å². The second-order valence-corrected chi connectivity index (χ2v) is 6.75. The quantitative estimate of drug-likeness (QED) is 0.651. The van der Waals surface area contributed by atoms with Crippen molar-refractivity contribution >= 4 is 28.2 Å². The van der Waals surface area contributed by atoms with Crippen molar-refractivity contribution in [2.24, 2.45) is 5.41 Å². The van der Waals surface area contributed by atoms with E-state index < -0.39 is 0 Å². The Morgan fingerprint density at radius 2 is 2.19 bits per heavy atom. The van der Waals surface area contributed by atoms with Gasteiger partial charge >= 0.3 is 0 Å². The van der Waals surface area contributed by atoms with Gasteiger partial charge in [0, 0.05) is 26.8 Å². The summed E-state index contributed by atoms with van der Waals surface area (Å²) < 4.78 is 5.08. The van der Waals surface area contributed by atoms with E-state index in [-0.39, 0.29) is 17.1 Å². The van der Waals surface area contributed by atoms with Crippen molar-refractivity contribution in [3.8, 4) is 0 Å². The monoisotopic (exact) mass is 314 g/mol. The highest BCUT2D eigenvalue weighted by Crippen LogP contribution is 2.25. The molecule has 0 aromatic carbocycles. The summed E-state index contributed by atoms with van der Waals surface area (Å²) in [5.74, 6) is 0.117. The molecule has 0 aliphatic rings. The molecule has 1 heterocycles. The van der Waals surface area contributed by atoms with Crippen LogP contribution in [0, 0.1) is 5.41 Å². The number of nitrogens with one attached hydrogen (secondary N) is 2. The highest BCUT2D eigenvalue weighted by molar-refractivity contribution is 7.18. The van der Waals surface area contributed by atoms with E-state index in [0.717, 1.165) is 19.4 Å². The molecule has 0 saturated carbocycles. The van der Waals surface area contributed by atoms with Crippen molar-refractivity contribution in [1.82, 2.24) is 10.3 Å². The normalized spacial score (nSPS) is 11.4. The Morgan fingerprint density at radius 1 is 1.48 bits per heavy atom.